The van der Waals surface area contributed by atoms with Gasteiger partial charge >= 0.3 is 0 Å². The summed E-state index contributed by atoms with van der Waals surface area (Å²) in [7, 11) is 1.62. The van der Waals surface area contributed by atoms with E-state index < -0.39 is 0 Å². The summed E-state index contributed by atoms with van der Waals surface area (Å²) >= 11 is 1.46. The van der Waals surface area contributed by atoms with Gasteiger partial charge in [-0.2, -0.15) is 0 Å². The number of nitrogens with zero attached hydrogens (tertiary/aromatic N) is 2. The number of methoxy groups -OCH3 is 1. The summed E-state index contributed by atoms with van der Waals surface area (Å²) in [6, 6.07) is 5.69. The monoisotopic (exact) mass is 314 g/mol. The van der Waals surface area contributed by atoms with Crippen molar-refractivity contribution in [3.63, 3.8) is 0 Å². The molecule has 4 nitrogen and oxygen atoms in total. The van der Waals surface area contributed by atoms with Crippen LogP contribution in [0.4, 0.5) is 0 Å². The average molecular weight is 314 g/mol. The van der Waals surface area contributed by atoms with Crippen molar-refractivity contribution in [3.05, 3.63) is 35.5 Å². The number of hydrogen-bond acceptors (Lipinski definition) is 5. The van der Waals surface area contributed by atoms with Crippen LogP contribution >= 0.6 is 11.3 Å². The van der Waals surface area contributed by atoms with Gasteiger partial charge in [0.05, 0.1) is 12.8 Å². The first-order chi connectivity index (χ1) is 10.4. The second-order valence-corrected chi connectivity index (χ2v) is 7.05. The maximum absolute atomic E-state index is 10.7. The highest BCUT2D eigenvalue weighted by molar-refractivity contribution is 7.13. The number of benzene rings is 1. The van der Waals surface area contributed by atoms with E-state index in [2.05, 4.69) is 25.8 Å². The van der Waals surface area contributed by atoms with Crippen molar-refractivity contribution >= 4 is 22.1 Å². The molecule has 0 amide bonds. The van der Waals surface area contributed by atoms with E-state index >= 15 is 0 Å². The Morgan fingerprint density at radius 3 is 2.55 bits per heavy atom. The second-order valence-electron chi connectivity index (χ2n) is 6.16. The molecular weight excluding hydrogens is 296 g/mol. The van der Waals surface area contributed by atoms with E-state index in [0.717, 1.165) is 16.5 Å². The highest BCUT2D eigenvalue weighted by atomic mass is 32.1. The molecule has 0 radical (unpaired) electrons. The number of thiazole rings is 1. The molecule has 0 fully saturated rings. The molecule has 0 spiro atoms. The van der Waals surface area contributed by atoms with Crippen molar-refractivity contribution in [1.82, 2.24) is 9.97 Å². The summed E-state index contributed by atoms with van der Waals surface area (Å²) in [4.78, 5) is 9.01. The number of aromatic nitrogens is 2. The number of aromatic hydroxyl groups is 1. The lowest BCUT2D eigenvalue weighted by Crippen LogP contribution is -2.15. The Morgan fingerprint density at radius 2 is 1.95 bits per heavy atom. The summed E-state index contributed by atoms with van der Waals surface area (Å²) in [6.45, 7) is 6.34. The Labute approximate surface area is 133 Å². The first-order valence-corrected chi connectivity index (χ1v) is 7.91. The lowest BCUT2D eigenvalue weighted by atomic mass is 9.87. The van der Waals surface area contributed by atoms with Crippen molar-refractivity contribution in [2.75, 3.05) is 7.11 Å². The van der Waals surface area contributed by atoms with Gasteiger partial charge in [0.2, 0.25) is 0 Å². The number of ether oxygens (including phenoxy) is 1. The molecule has 2 aromatic heterocycles. The number of rotatable bonds is 2. The summed E-state index contributed by atoms with van der Waals surface area (Å²) in [6.07, 6.45) is 1.72. The van der Waals surface area contributed by atoms with Gasteiger partial charge in [0.25, 0.3) is 0 Å². The molecule has 0 aliphatic carbocycles. The minimum atomic E-state index is -0.146. The normalized spacial score (nSPS) is 11.8. The standard InChI is InChI=1S/C17H18N2O2S/c1-17(2,3)15-11-6-5-10(21-4)9-12(11)14(20)13(19-15)16-18-7-8-22-16/h5-9,20H,1-4H3. The van der Waals surface area contributed by atoms with Gasteiger partial charge in [0, 0.05) is 27.8 Å². The molecule has 0 atom stereocenters. The van der Waals surface area contributed by atoms with E-state index in [1.165, 1.54) is 11.3 Å². The molecule has 3 aromatic rings. The van der Waals surface area contributed by atoms with E-state index in [1.807, 2.05) is 23.6 Å². The van der Waals surface area contributed by atoms with Crippen molar-refractivity contribution in [3.8, 4) is 22.2 Å². The topological polar surface area (TPSA) is 55.2 Å². The Kier molecular flexibility index (Phi) is 3.53. The van der Waals surface area contributed by atoms with Crippen LogP contribution in [-0.4, -0.2) is 22.2 Å². The van der Waals surface area contributed by atoms with Crippen LogP contribution in [0.5, 0.6) is 11.5 Å². The van der Waals surface area contributed by atoms with Crippen LogP contribution in [0.15, 0.2) is 29.8 Å². The highest BCUT2D eigenvalue weighted by Gasteiger charge is 2.24. The molecule has 0 aliphatic heterocycles. The predicted molar refractivity (Wildman–Crippen MR) is 89.8 cm³/mol. The van der Waals surface area contributed by atoms with Crippen molar-refractivity contribution < 1.29 is 9.84 Å². The molecule has 5 heteroatoms. The summed E-state index contributed by atoms with van der Waals surface area (Å²) in [5, 5.41) is 14.9. The van der Waals surface area contributed by atoms with Crippen LogP contribution in [0, 0.1) is 0 Å². The molecule has 0 aliphatic rings. The molecule has 0 bridgehead atoms. The summed E-state index contributed by atoms with van der Waals surface area (Å²) in [5.74, 6) is 0.857. The first-order valence-electron chi connectivity index (χ1n) is 7.03. The van der Waals surface area contributed by atoms with Gasteiger partial charge in [-0.25, -0.2) is 9.97 Å². The van der Waals surface area contributed by atoms with Crippen LogP contribution in [0.3, 0.4) is 0 Å². The number of hydrogen-bond donors (Lipinski definition) is 1. The van der Waals surface area contributed by atoms with Crippen LogP contribution in [-0.2, 0) is 5.41 Å². The Balaban J connectivity index is 2.41. The molecule has 0 saturated carbocycles. The molecule has 1 aromatic carbocycles. The van der Waals surface area contributed by atoms with E-state index in [-0.39, 0.29) is 11.2 Å². The second kappa shape index (κ2) is 5.25. The average Bonchev–Trinajstić information content (AvgIpc) is 3.00. The van der Waals surface area contributed by atoms with Gasteiger partial charge in [-0.3, -0.25) is 0 Å². The fraction of sp³-hybridized carbons (Fsp3) is 0.294. The fourth-order valence-corrected chi connectivity index (χ4v) is 3.09. The molecular formula is C17H18N2O2S. The van der Waals surface area contributed by atoms with Gasteiger partial charge < -0.3 is 9.84 Å². The Hall–Kier alpha value is -2.14. The van der Waals surface area contributed by atoms with Crippen molar-refractivity contribution in [2.45, 2.75) is 26.2 Å². The molecule has 0 unspecified atom stereocenters. The third-order valence-corrected chi connectivity index (χ3v) is 4.31. The predicted octanol–water partition coefficient (Wildman–Crippen LogP) is 4.37. The lowest BCUT2D eigenvalue weighted by Gasteiger charge is -2.22. The maximum Gasteiger partial charge on any atom is 0.152 e. The lowest BCUT2D eigenvalue weighted by molar-refractivity contribution is 0.415. The van der Waals surface area contributed by atoms with Crippen LogP contribution in [0.25, 0.3) is 21.5 Å². The van der Waals surface area contributed by atoms with Gasteiger partial charge in [-0.1, -0.05) is 20.8 Å². The minimum absolute atomic E-state index is 0.146. The minimum Gasteiger partial charge on any atom is -0.505 e. The van der Waals surface area contributed by atoms with E-state index in [0.29, 0.717) is 16.5 Å². The molecule has 114 valence electrons. The molecule has 1 N–H and O–H groups in total. The van der Waals surface area contributed by atoms with Gasteiger partial charge in [0.15, 0.2) is 5.75 Å². The van der Waals surface area contributed by atoms with Gasteiger partial charge in [0.1, 0.15) is 16.5 Å². The molecule has 2 heterocycles. The van der Waals surface area contributed by atoms with Crippen molar-refractivity contribution in [2.24, 2.45) is 0 Å². The van der Waals surface area contributed by atoms with Gasteiger partial charge in [-0.05, 0) is 18.2 Å². The van der Waals surface area contributed by atoms with E-state index in [4.69, 9.17) is 9.72 Å². The Morgan fingerprint density at radius 1 is 1.18 bits per heavy atom. The zero-order valence-corrected chi connectivity index (χ0v) is 13.9. The summed E-state index contributed by atoms with van der Waals surface area (Å²) < 4.78 is 5.29. The van der Waals surface area contributed by atoms with Crippen LogP contribution in [0.1, 0.15) is 26.5 Å². The highest BCUT2D eigenvalue weighted by Crippen LogP contribution is 2.41. The molecule has 22 heavy (non-hydrogen) atoms. The van der Waals surface area contributed by atoms with E-state index in [9.17, 15) is 5.11 Å². The quantitative estimate of drug-likeness (QED) is 0.763. The van der Waals surface area contributed by atoms with E-state index in [1.54, 1.807) is 13.3 Å². The largest absolute Gasteiger partial charge is 0.505 e. The SMILES string of the molecule is COc1ccc2c(C(C)(C)C)nc(-c3nccs3)c(O)c2c1. The maximum atomic E-state index is 10.7. The van der Waals surface area contributed by atoms with Gasteiger partial charge in [-0.15, -0.1) is 11.3 Å². The molecule has 0 saturated heterocycles. The first kappa shape index (κ1) is 14.8. The van der Waals surface area contributed by atoms with Crippen LogP contribution < -0.4 is 4.74 Å². The number of fused-ring (bicyclic) bond motifs is 1. The zero-order valence-electron chi connectivity index (χ0n) is 13.0. The zero-order chi connectivity index (χ0) is 15.9. The summed E-state index contributed by atoms with van der Waals surface area (Å²) in [5.41, 5.74) is 1.32. The Bertz CT molecular complexity index is 821. The third-order valence-electron chi connectivity index (χ3n) is 3.53. The fourth-order valence-electron chi connectivity index (χ4n) is 2.47. The molecule has 3 rings (SSSR count). The third kappa shape index (κ3) is 2.41. The van der Waals surface area contributed by atoms with Crippen molar-refractivity contribution in [1.29, 1.82) is 0 Å². The van der Waals surface area contributed by atoms with Crippen LogP contribution in [0.2, 0.25) is 0 Å². The smallest absolute Gasteiger partial charge is 0.152 e. The number of pyridine rings is 1.